The van der Waals surface area contributed by atoms with Crippen LogP contribution >= 0.6 is 0 Å². The van der Waals surface area contributed by atoms with Crippen LogP contribution in [0.4, 0.5) is 0 Å². The van der Waals surface area contributed by atoms with E-state index in [0.29, 0.717) is 5.92 Å². The van der Waals surface area contributed by atoms with Gasteiger partial charge in [0.1, 0.15) is 5.82 Å². The zero-order chi connectivity index (χ0) is 15.5. The van der Waals surface area contributed by atoms with Crippen LogP contribution < -0.4 is 5.32 Å². The number of ether oxygens (including phenoxy) is 1. The largest absolute Gasteiger partial charge is 0.381 e. The molecular formula is C17H31N3O. The van der Waals surface area contributed by atoms with Gasteiger partial charge in [0.15, 0.2) is 0 Å². The van der Waals surface area contributed by atoms with Crippen LogP contribution in [0.2, 0.25) is 0 Å². The van der Waals surface area contributed by atoms with Gasteiger partial charge in [-0.25, -0.2) is 4.98 Å². The maximum Gasteiger partial charge on any atom is 0.114 e. The average molecular weight is 293 g/mol. The Labute approximate surface area is 129 Å². The first-order valence-corrected chi connectivity index (χ1v) is 8.27. The number of imidazole rings is 1. The summed E-state index contributed by atoms with van der Waals surface area (Å²) in [4.78, 5) is 4.91. The van der Waals surface area contributed by atoms with Gasteiger partial charge >= 0.3 is 0 Å². The fraction of sp³-hybridized carbons (Fsp3) is 0.824. The van der Waals surface area contributed by atoms with Crippen molar-refractivity contribution in [3.05, 3.63) is 17.2 Å². The second-order valence-electron chi connectivity index (χ2n) is 7.48. The monoisotopic (exact) mass is 293 g/mol. The van der Waals surface area contributed by atoms with E-state index in [-0.39, 0.29) is 5.41 Å². The number of rotatable bonds is 6. The van der Waals surface area contributed by atoms with Gasteiger partial charge in [0.2, 0.25) is 0 Å². The maximum absolute atomic E-state index is 5.72. The summed E-state index contributed by atoms with van der Waals surface area (Å²) in [5.41, 5.74) is 2.77. The molecule has 0 saturated heterocycles. The van der Waals surface area contributed by atoms with Crippen molar-refractivity contribution in [1.82, 2.24) is 14.9 Å². The number of fused-ring (bicyclic) bond motifs is 1. The normalized spacial score (nSPS) is 15.5. The Morgan fingerprint density at radius 1 is 1.33 bits per heavy atom. The lowest BCUT2D eigenvalue weighted by Crippen LogP contribution is -2.26. The molecule has 0 aliphatic carbocycles. The molecule has 0 atom stereocenters. The molecule has 120 valence electrons. The third-order valence-electron chi connectivity index (χ3n) is 3.78. The van der Waals surface area contributed by atoms with Crippen LogP contribution in [-0.2, 0) is 29.7 Å². The standard InChI is InChI=1S/C17H31N3O/c1-13(2)12-21-10-6-9-20-15-7-8-18-11-14(15)19-16(20)17(3,4)5/h13,18H,6-12H2,1-5H3. The molecule has 4 nitrogen and oxygen atoms in total. The van der Waals surface area contributed by atoms with Crippen molar-refractivity contribution < 1.29 is 4.74 Å². The number of hydrogen-bond donors (Lipinski definition) is 1. The minimum atomic E-state index is 0.0934. The van der Waals surface area contributed by atoms with Crippen molar-refractivity contribution in [3.63, 3.8) is 0 Å². The highest BCUT2D eigenvalue weighted by Crippen LogP contribution is 2.26. The number of nitrogens with one attached hydrogen (secondary N) is 1. The third-order valence-corrected chi connectivity index (χ3v) is 3.78. The van der Waals surface area contributed by atoms with Crippen LogP contribution in [0.3, 0.4) is 0 Å². The minimum absolute atomic E-state index is 0.0934. The van der Waals surface area contributed by atoms with Gasteiger partial charge in [-0.2, -0.15) is 0 Å². The molecule has 0 saturated carbocycles. The quantitative estimate of drug-likeness (QED) is 0.820. The predicted molar refractivity (Wildman–Crippen MR) is 86.6 cm³/mol. The van der Waals surface area contributed by atoms with Gasteiger partial charge in [0.25, 0.3) is 0 Å². The van der Waals surface area contributed by atoms with Crippen LogP contribution in [0.15, 0.2) is 0 Å². The van der Waals surface area contributed by atoms with Gasteiger partial charge in [-0.05, 0) is 12.3 Å². The molecule has 0 fully saturated rings. The van der Waals surface area contributed by atoms with E-state index >= 15 is 0 Å². The van der Waals surface area contributed by atoms with Crippen LogP contribution in [0, 0.1) is 5.92 Å². The zero-order valence-corrected chi connectivity index (χ0v) is 14.3. The molecule has 0 aromatic carbocycles. The maximum atomic E-state index is 5.72. The van der Waals surface area contributed by atoms with E-state index in [9.17, 15) is 0 Å². The lowest BCUT2D eigenvalue weighted by atomic mass is 9.95. The second-order valence-corrected chi connectivity index (χ2v) is 7.48. The van der Waals surface area contributed by atoms with Gasteiger partial charge in [0, 0.05) is 50.4 Å². The Morgan fingerprint density at radius 2 is 2.10 bits per heavy atom. The molecule has 21 heavy (non-hydrogen) atoms. The summed E-state index contributed by atoms with van der Waals surface area (Å²) in [6.45, 7) is 15.8. The van der Waals surface area contributed by atoms with Crippen LogP contribution in [-0.4, -0.2) is 29.3 Å². The molecule has 0 spiro atoms. The molecule has 2 heterocycles. The Balaban J connectivity index is 2.04. The summed E-state index contributed by atoms with van der Waals surface area (Å²) in [5.74, 6) is 1.84. The van der Waals surface area contributed by atoms with Crippen molar-refractivity contribution in [2.24, 2.45) is 5.92 Å². The van der Waals surface area contributed by atoms with E-state index in [1.165, 1.54) is 17.2 Å². The summed E-state index contributed by atoms with van der Waals surface area (Å²) in [5, 5.41) is 3.42. The molecule has 1 aromatic heterocycles. The van der Waals surface area contributed by atoms with Crippen LogP contribution in [0.25, 0.3) is 0 Å². The van der Waals surface area contributed by atoms with Crippen molar-refractivity contribution in [2.45, 2.75) is 66.0 Å². The SMILES string of the molecule is CC(C)COCCCn1c(C(C)(C)C)nc2c1CCNC2. The highest BCUT2D eigenvalue weighted by molar-refractivity contribution is 5.23. The first-order valence-electron chi connectivity index (χ1n) is 8.27. The molecule has 1 aromatic rings. The Bertz CT molecular complexity index is 457. The molecule has 1 aliphatic heterocycles. The van der Waals surface area contributed by atoms with Crippen molar-refractivity contribution in [3.8, 4) is 0 Å². The van der Waals surface area contributed by atoms with Gasteiger partial charge in [-0.15, -0.1) is 0 Å². The molecule has 0 amide bonds. The van der Waals surface area contributed by atoms with E-state index in [4.69, 9.17) is 9.72 Å². The lowest BCUT2D eigenvalue weighted by Gasteiger charge is -2.22. The average Bonchev–Trinajstić information content (AvgIpc) is 2.77. The van der Waals surface area contributed by atoms with E-state index in [2.05, 4.69) is 44.5 Å². The van der Waals surface area contributed by atoms with E-state index in [1.807, 2.05) is 0 Å². The molecule has 1 aliphatic rings. The molecule has 0 unspecified atom stereocenters. The number of nitrogens with zero attached hydrogens (tertiary/aromatic N) is 2. The van der Waals surface area contributed by atoms with Gasteiger partial charge in [0.05, 0.1) is 5.69 Å². The summed E-state index contributed by atoms with van der Waals surface area (Å²) >= 11 is 0. The molecular weight excluding hydrogens is 262 g/mol. The summed E-state index contributed by atoms with van der Waals surface area (Å²) in [6, 6.07) is 0. The van der Waals surface area contributed by atoms with E-state index in [0.717, 1.165) is 45.7 Å². The Kier molecular flexibility index (Phi) is 5.44. The molecule has 0 bridgehead atoms. The van der Waals surface area contributed by atoms with Crippen LogP contribution in [0.5, 0.6) is 0 Å². The van der Waals surface area contributed by atoms with Gasteiger partial charge < -0.3 is 14.6 Å². The molecule has 4 heteroatoms. The fourth-order valence-corrected chi connectivity index (χ4v) is 2.83. The van der Waals surface area contributed by atoms with Crippen molar-refractivity contribution >= 4 is 0 Å². The Morgan fingerprint density at radius 3 is 2.76 bits per heavy atom. The van der Waals surface area contributed by atoms with E-state index in [1.54, 1.807) is 0 Å². The van der Waals surface area contributed by atoms with Gasteiger partial charge in [-0.3, -0.25) is 0 Å². The summed E-state index contributed by atoms with van der Waals surface area (Å²) in [7, 11) is 0. The van der Waals surface area contributed by atoms with Gasteiger partial charge in [-0.1, -0.05) is 34.6 Å². The molecule has 2 rings (SSSR count). The Hall–Kier alpha value is -0.870. The summed E-state index contributed by atoms with van der Waals surface area (Å²) < 4.78 is 8.17. The number of aromatic nitrogens is 2. The first-order chi connectivity index (χ1) is 9.89. The third kappa shape index (κ3) is 4.30. The van der Waals surface area contributed by atoms with Crippen molar-refractivity contribution in [1.29, 1.82) is 0 Å². The highest BCUT2D eigenvalue weighted by atomic mass is 16.5. The zero-order valence-electron chi connectivity index (χ0n) is 14.3. The highest BCUT2D eigenvalue weighted by Gasteiger charge is 2.26. The topological polar surface area (TPSA) is 39.1 Å². The molecule has 1 N–H and O–H groups in total. The molecule has 0 radical (unpaired) electrons. The second kappa shape index (κ2) is 6.93. The lowest BCUT2D eigenvalue weighted by molar-refractivity contribution is 0.105. The number of hydrogen-bond acceptors (Lipinski definition) is 3. The van der Waals surface area contributed by atoms with Crippen molar-refractivity contribution in [2.75, 3.05) is 19.8 Å². The minimum Gasteiger partial charge on any atom is -0.381 e. The smallest absolute Gasteiger partial charge is 0.114 e. The summed E-state index contributed by atoms with van der Waals surface area (Å²) in [6.07, 6.45) is 2.15. The van der Waals surface area contributed by atoms with E-state index < -0.39 is 0 Å². The fourth-order valence-electron chi connectivity index (χ4n) is 2.83. The first kappa shape index (κ1) is 16.5. The predicted octanol–water partition coefficient (Wildman–Crippen LogP) is 2.89. The van der Waals surface area contributed by atoms with Crippen LogP contribution in [0.1, 0.15) is 58.3 Å².